The van der Waals surface area contributed by atoms with Crippen molar-refractivity contribution in [3.63, 3.8) is 0 Å². The molecule has 0 aliphatic heterocycles. The topological polar surface area (TPSA) is 43.7 Å². The number of thioether (sulfide) groups is 1. The van der Waals surface area contributed by atoms with Crippen molar-refractivity contribution in [3.05, 3.63) is 29.8 Å². The Hall–Kier alpha value is -0.550. The van der Waals surface area contributed by atoms with E-state index >= 15 is 0 Å². The summed E-state index contributed by atoms with van der Waals surface area (Å²) in [4.78, 5) is 3.25. The molecule has 1 rings (SSSR count). The molecule has 2 N–H and O–H groups in total. The predicted octanol–water partition coefficient (Wildman–Crippen LogP) is 1.19. The van der Waals surface area contributed by atoms with E-state index in [1.807, 2.05) is 11.9 Å². The van der Waals surface area contributed by atoms with E-state index in [0.717, 1.165) is 6.54 Å². The highest BCUT2D eigenvalue weighted by Crippen LogP contribution is 2.15. The number of hydrogen-bond acceptors (Lipinski definition) is 4. The summed E-state index contributed by atoms with van der Waals surface area (Å²) in [6.07, 6.45) is 1.40. The lowest BCUT2D eigenvalue weighted by Crippen LogP contribution is -2.30. The van der Waals surface area contributed by atoms with Crippen molar-refractivity contribution in [3.8, 4) is 0 Å². The largest absolute Gasteiger partial charge is 0.394 e. The molecule has 1 unspecified atom stereocenters. The molecule has 0 amide bonds. The Labute approximate surface area is 101 Å². The second-order valence-electron chi connectivity index (χ2n) is 3.88. The van der Waals surface area contributed by atoms with Crippen molar-refractivity contribution in [2.24, 2.45) is 0 Å². The minimum Gasteiger partial charge on any atom is -0.394 e. The van der Waals surface area contributed by atoms with Gasteiger partial charge < -0.3 is 10.2 Å². The lowest BCUT2D eigenvalue weighted by Gasteiger charge is -2.19. The average Bonchev–Trinajstić information content (AvgIpc) is 2.29. The first-order valence-electron chi connectivity index (χ1n) is 5.26. The minimum absolute atomic E-state index is 0.185. The lowest BCUT2D eigenvalue weighted by atomic mass is 10.2. The monoisotopic (exact) mass is 241 g/mol. The summed E-state index contributed by atoms with van der Waals surface area (Å²) < 4.78 is 0. The molecule has 16 heavy (non-hydrogen) atoms. The molecule has 0 spiro atoms. The van der Waals surface area contributed by atoms with Crippen LogP contribution in [0.3, 0.4) is 0 Å². The molecule has 0 saturated heterocycles. The molecule has 1 aromatic carbocycles. The second-order valence-corrected chi connectivity index (χ2v) is 4.76. The molecular weight excluding hydrogens is 222 g/mol. The molecule has 0 bridgehead atoms. The number of likely N-dealkylation sites (N-methyl/N-ethyl adjacent to an activating group) is 1. The van der Waals surface area contributed by atoms with Crippen LogP contribution in [0.4, 0.5) is 0 Å². The Morgan fingerprint density at radius 1 is 1.31 bits per heavy atom. The fourth-order valence-electron chi connectivity index (χ4n) is 1.52. The molecule has 0 aliphatic rings. The Kier molecular flexibility index (Phi) is 5.84. The van der Waals surface area contributed by atoms with Gasteiger partial charge in [-0.25, -0.2) is 0 Å². The zero-order chi connectivity index (χ0) is 12.0. The summed E-state index contributed by atoms with van der Waals surface area (Å²) in [6, 6.07) is 8.37. The molecule has 90 valence electrons. The number of aliphatic hydroxyl groups excluding tert-OH is 2. The summed E-state index contributed by atoms with van der Waals surface area (Å²) >= 11 is 1.72. The van der Waals surface area contributed by atoms with Crippen molar-refractivity contribution < 1.29 is 10.2 Å². The minimum atomic E-state index is -0.657. The standard InChI is InChI=1S/C12H19NO2S/c1-13(8-11(15)9-14)7-10-3-5-12(16-2)6-4-10/h3-6,11,14-15H,7-9H2,1-2H3. The molecule has 1 aromatic rings. The molecule has 1 atom stereocenters. The van der Waals surface area contributed by atoms with E-state index in [1.165, 1.54) is 10.5 Å². The van der Waals surface area contributed by atoms with Crippen LogP contribution in [0.5, 0.6) is 0 Å². The molecule has 0 aliphatic carbocycles. The third-order valence-electron chi connectivity index (χ3n) is 2.34. The molecule has 0 fully saturated rings. The Bertz CT molecular complexity index is 302. The highest BCUT2D eigenvalue weighted by Gasteiger charge is 2.07. The van der Waals surface area contributed by atoms with Crippen LogP contribution in [-0.4, -0.2) is 47.7 Å². The zero-order valence-electron chi connectivity index (χ0n) is 9.76. The molecular formula is C12H19NO2S. The summed E-state index contributed by atoms with van der Waals surface area (Å²) in [5.74, 6) is 0. The van der Waals surface area contributed by atoms with Crippen LogP contribution in [0.25, 0.3) is 0 Å². The van der Waals surface area contributed by atoms with Crippen LogP contribution in [-0.2, 0) is 6.54 Å². The maximum Gasteiger partial charge on any atom is 0.0897 e. The lowest BCUT2D eigenvalue weighted by molar-refractivity contribution is 0.0648. The van der Waals surface area contributed by atoms with Gasteiger partial charge in [-0.2, -0.15) is 0 Å². The van der Waals surface area contributed by atoms with Crippen molar-refractivity contribution in [1.29, 1.82) is 0 Å². The number of nitrogens with zero attached hydrogens (tertiary/aromatic N) is 1. The van der Waals surface area contributed by atoms with Gasteiger partial charge in [0.1, 0.15) is 0 Å². The molecule has 0 saturated carbocycles. The maximum absolute atomic E-state index is 9.29. The molecule has 0 radical (unpaired) electrons. The van der Waals surface area contributed by atoms with Gasteiger partial charge in [-0.15, -0.1) is 11.8 Å². The Morgan fingerprint density at radius 3 is 2.44 bits per heavy atom. The van der Waals surface area contributed by atoms with E-state index in [1.54, 1.807) is 11.8 Å². The summed E-state index contributed by atoms with van der Waals surface area (Å²) in [6.45, 7) is 1.09. The fourth-order valence-corrected chi connectivity index (χ4v) is 1.93. The number of aliphatic hydroxyl groups is 2. The van der Waals surface area contributed by atoms with Crippen molar-refractivity contribution in [2.75, 3.05) is 26.5 Å². The predicted molar refractivity (Wildman–Crippen MR) is 67.6 cm³/mol. The van der Waals surface area contributed by atoms with Gasteiger partial charge in [0, 0.05) is 18.0 Å². The van der Waals surface area contributed by atoms with Gasteiger partial charge in [0.2, 0.25) is 0 Å². The van der Waals surface area contributed by atoms with Crippen LogP contribution in [0, 0.1) is 0 Å². The van der Waals surface area contributed by atoms with Gasteiger partial charge in [0.15, 0.2) is 0 Å². The Morgan fingerprint density at radius 2 is 1.94 bits per heavy atom. The van der Waals surface area contributed by atoms with E-state index in [0.29, 0.717) is 6.54 Å². The molecule has 0 aromatic heterocycles. The molecule has 0 heterocycles. The third kappa shape index (κ3) is 4.53. The highest BCUT2D eigenvalue weighted by atomic mass is 32.2. The summed E-state index contributed by atoms with van der Waals surface area (Å²) in [7, 11) is 1.93. The number of hydrogen-bond donors (Lipinski definition) is 2. The van der Waals surface area contributed by atoms with Crippen molar-refractivity contribution >= 4 is 11.8 Å². The van der Waals surface area contributed by atoms with Gasteiger partial charge in [0.05, 0.1) is 12.7 Å². The third-order valence-corrected chi connectivity index (χ3v) is 3.09. The number of benzene rings is 1. The first-order valence-corrected chi connectivity index (χ1v) is 6.48. The number of rotatable bonds is 6. The van der Waals surface area contributed by atoms with Gasteiger partial charge in [0.25, 0.3) is 0 Å². The van der Waals surface area contributed by atoms with Crippen LogP contribution in [0.2, 0.25) is 0 Å². The Balaban J connectivity index is 2.46. The highest BCUT2D eigenvalue weighted by molar-refractivity contribution is 7.98. The molecule has 4 heteroatoms. The average molecular weight is 241 g/mol. The van der Waals surface area contributed by atoms with Gasteiger partial charge in [-0.05, 0) is 31.0 Å². The second kappa shape index (κ2) is 6.91. The van der Waals surface area contributed by atoms with Crippen LogP contribution >= 0.6 is 11.8 Å². The van der Waals surface area contributed by atoms with Gasteiger partial charge in [-0.3, -0.25) is 4.90 Å². The summed E-state index contributed by atoms with van der Waals surface area (Å²) in [5.41, 5.74) is 1.21. The van der Waals surface area contributed by atoms with Crippen LogP contribution in [0.15, 0.2) is 29.2 Å². The quantitative estimate of drug-likeness (QED) is 0.734. The first-order chi connectivity index (χ1) is 7.65. The van der Waals surface area contributed by atoms with E-state index in [9.17, 15) is 5.11 Å². The van der Waals surface area contributed by atoms with Crippen molar-refractivity contribution in [2.45, 2.75) is 17.5 Å². The van der Waals surface area contributed by atoms with E-state index < -0.39 is 6.10 Å². The zero-order valence-corrected chi connectivity index (χ0v) is 10.6. The first kappa shape index (κ1) is 13.5. The maximum atomic E-state index is 9.29. The SMILES string of the molecule is CSc1ccc(CN(C)CC(O)CO)cc1. The van der Waals surface area contributed by atoms with Gasteiger partial charge in [-0.1, -0.05) is 12.1 Å². The molecule has 3 nitrogen and oxygen atoms in total. The van der Waals surface area contributed by atoms with E-state index in [-0.39, 0.29) is 6.61 Å². The van der Waals surface area contributed by atoms with E-state index in [4.69, 9.17) is 5.11 Å². The van der Waals surface area contributed by atoms with Crippen molar-refractivity contribution in [1.82, 2.24) is 4.90 Å². The van der Waals surface area contributed by atoms with Crippen LogP contribution in [0.1, 0.15) is 5.56 Å². The summed E-state index contributed by atoms with van der Waals surface area (Å²) in [5, 5.41) is 18.0. The van der Waals surface area contributed by atoms with Gasteiger partial charge >= 0.3 is 0 Å². The van der Waals surface area contributed by atoms with Crippen LogP contribution < -0.4 is 0 Å². The normalized spacial score (nSPS) is 13.1. The smallest absolute Gasteiger partial charge is 0.0897 e. The fraction of sp³-hybridized carbons (Fsp3) is 0.500. The van der Waals surface area contributed by atoms with E-state index in [2.05, 4.69) is 30.5 Å².